The lowest BCUT2D eigenvalue weighted by molar-refractivity contribution is -0.115. The van der Waals surface area contributed by atoms with E-state index in [0.29, 0.717) is 22.8 Å². The molecule has 0 spiro atoms. The molecule has 3 N–H and O–H groups in total. The predicted molar refractivity (Wildman–Crippen MR) is 171 cm³/mol. The van der Waals surface area contributed by atoms with Gasteiger partial charge in [-0.1, -0.05) is 60.7 Å². The SMILES string of the molecule is O=C(O)c1ccccc1C(=O)Nc1cccc(SC(C(=O)Nc2ccc(-c3nc4ccccc4o3)cc2)c2ccccc2)c1. The van der Waals surface area contributed by atoms with Gasteiger partial charge in [-0.25, -0.2) is 9.78 Å². The maximum Gasteiger partial charge on any atom is 0.336 e. The normalized spacial score (nSPS) is 11.5. The average Bonchev–Trinajstić information content (AvgIpc) is 3.49. The highest BCUT2D eigenvalue weighted by Gasteiger charge is 2.23. The van der Waals surface area contributed by atoms with E-state index in [1.54, 1.807) is 42.5 Å². The van der Waals surface area contributed by atoms with E-state index in [1.165, 1.54) is 23.9 Å². The second kappa shape index (κ2) is 12.7. The lowest BCUT2D eigenvalue weighted by Gasteiger charge is -2.18. The van der Waals surface area contributed by atoms with Crippen molar-refractivity contribution in [3.05, 3.63) is 144 Å². The molecule has 0 aliphatic rings. The Morgan fingerprint density at radius 2 is 1.41 bits per heavy atom. The number of aromatic nitrogens is 1. The zero-order valence-electron chi connectivity index (χ0n) is 23.1. The van der Waals surface area contributed by atoms with Crippen molar-refractivity contribution in [2.45, 2.75) is 10.1 Å². The Morgan fingerprint density at radius 1 is 0.705 bits per heavy atom. The van der Waals surface area contributed by atoms with Crippen LogP contribution in [0.3, 0.4) is 0 Å². The van der Waals surface area contributed by atoms with Gasteiger partial charge in [0.05, 0.1) is 11.1 Å². The molecule has 8 nitrogen and oxygen atoms in total. The molecule has 6 rings (SSSR count). The van der Waals surface area contributed by atoms with Gasteiger partial charge in [-0.15, -0.1) is 11.8 Å². The van der Waals surface area contributed by atoms with E-state index in [-0.39, 0.29) is 17.0 Å². The molecule has 216 valence electrons. The lowest BCUT2D eigenvalue weighted by Crippen LogP contribution is -2.19. The van der Waals surface area contributed by atoms with Crippen molar-refractivity contribution < 1.29 is 23.9 Å². The molecule has 6 aromatic rings. The van der Waals surface area contributed by atoms with Gasteiger partial charge >= 0.3 is 5.97 Å². The van der Waals surface area contributed by atoms with Gasteiger partial charge < -0.3 is 20.2 Å². The van der Waals surface area contributed by atoms with Gasteiger partial charge in [-0.2, -0.15) is 0 Å². The fourth-order valence-electron chi connectivity index (χ4n) is 4.65. The number of nitrogens with zero attached hydrogens (tertiary/aromatic N) is 1. The minimum absolute atomic E-state index is 0.0571. The number of carboxylic acid groups (broad SMARTS) is 1. The van der Waals surface area contributed by atoms with Crippen molar-refractivity contribution >= 4 is 52.0 Å². The third kappa shape index (κ3) is 6.38. The van der Waals surface area contributed by atoms with Crippen LogP contribution in [-0.2, 0) is 4.79 Å². The summed E-state index contributed by atoms with van der Waals surface area (Å²) in [5.74, 6) is -1.44. The number of carbonyl (C=O) groups is 3. The van der Waals surface area contributed by atoms with Crippen molar-refractivity contribution in [1.29, 1.82) is 0 Å². The first-order valence-electron chi connectivity index (χ1n) is 13.7. The Balaban J connectivity index is 1.19. The Bertz CT molecular complexity index is 1940. The van der Waals surface area contributed by atoms with Crippen molar-refractivity contribution in [2.75, 3.05) is 10.6 Å². The molecule has 0 saturated carbocycles. The first kappa shape index (κ1) is 28.4. The highest BCUT2D eigenvalue weighted by atomic mass is 32.2. The molecule has 44 heavy (non-hydrogen) atoms. The van der Waals surface area contributed by atoms with Crippen LogP contribution >= 0.6 is 11.8 Å². The van der Waals surface area contributed by atoms with Crippen LogP contribution in [0.5, 0.6) is 0 Å². The second-order valence-corrected chi connectivity index (χ2v) is 11.0. The van der Waals surface area contributed by atoms with Gasteiger partial charge in [0.15, 0.2) is 5.58 Å². The largest absolute Gasteiger partial charge is 0.478 e. The number of hydrogen-bond acceptors (Lipinski definition) is 6. The predicted octanol–water partition coefficient (Wildman–Crippen LogP) is 7.92. The maximum absolute atomic E-state index is 13.7. The zero-order valence-corrected chi connectivity index (χ0v) is 24.0. The van der Waals surface area contributed by atoms with Crippen LogP contribution in [0.4, 0.5) is 11.4 Å². The number of nitrogens with one attached hydrogen (secondary N) is 2. The number of oxazole rings is 1. The van der Waals surface area contributed by atoms with Crippen LogP contribution in [0.15, 0.2) is 137 Å². The molecule has 0 aliphatic heterocycles. The number of thioether (sulfide) groups is 1. The quantitative estimate of drug-likeness (QED) is 0.144. The molecule has 1 unspecified atom stereocenters. The summed E-state index contributed by atoms with van der Waals surface area (Å²) in [6.45, 7) is 0. The van der Waals surface area contributed by atoms with Gasteiger partial charge in [-0.05, 0) is 72.3 Å². The lowest BCUT2D eigenvalue weighted by atomic mass is 10.1. The molecule has 0 fully saturated rings. The van der Waals surface area contributed by atoms with Gasteiger partial charge in [0.1, 0.15) is 10.8 Å². The first-order valence-corrected chi connectivity index (χ1v) is 14.5. The molecule has 0 saturated heterocycles. The zero-order chi connectivity index (χ0) is 30.5. The highest BCUT2D eigenvalue weighted by Crippen LogP contribution is 2.37. The Kier molecular flexibility index (Phi) is 8.20. The van der Waals surface area contributed by atoms with Crippen molar-refractivity contribution in [1.82, 2.24) is 4.98 Å². The van der Waals surface area contributed by atoms with Gasteiger partial charge in [-0.3, -0.25) is 9.59 Å². The Morgan fingerprint density at radius 3 is 2.16 bits per heavy atom. The van der Waals surface area contributed by atoms with Crippen molar-refractivity contribution in [3.63, 3.8) is 0 Å². The molecule has 1 atom stereocenters. The Hall–Kier alpha value is -5.67. The summed E-state index contributed by atoms with van der Waals surface area (Å²) in [7, 11) is 0. The summed E-state index contributed by atoms with van der Waals surface area (Å²) in [5, 5.41) is 14.6. The molecular weight excluding hydrogens is 574 g/mol. The van der Waals surface area contributed by atoms with Crippen molar-refractivity contribution in [3.8, 4) is 11.5 Å². The molecule has 5 aromatic carbocycles. The number of carboxylic acids is 1. The summed E-state index contributed by atoms with van der Waals surface area (Å²) in [5.41, 5.74) is 4.14. The second-order valence-electron chi connectivity index (χ2n) is 9.79. The molecule has 0 radical (unpaired) electrons. The number of carbonyl (C=O) groups excluding carboxylic acids is 2. The van der Waals surface area contributed by atoms with Crippen LogP contribution in [0.1, 0.15) is 31.5 Å². The standard InChI is InChI=1S/C35H25N3O5S/c39-32(27-13-4-5-14-28(27)35(41)42)37-25-11-8-12-26(21-25)44-31(22-9-2-1-3-10-22)33(40)36-24-19-17-23(18-20-24)34-38-29-15-6-7-16-30(29)43-34/h1-21,31H,(H,36,40)(H,37,39)(H,41,42). The number of hydrogen-bond donors (Lipinski definition) is 3. The number of benzene rings is 5. The van der Waals surface area contributed by atoms with Gasteiger partial charge in [0, 0.05) is 21.8 Å². The summed E-state index contributed by atoms with van der Waals surface area (Å²) in [6, 6.07) is 37.4. The summed E-state index contributed by atoms with van der Waals surface area (Å²) >= 11 is 1.33. The van der Waals surface area contributed by atoms with Crippen LogP contribution in [0, 0.1) is 0 Å². The molecule has 9 heteroatoms. The summed E-state index contributed by atoms with van der Waals surface area (Å²) < 4.78 is 5.86. The number of fused-ring (bicyclic) bond motifs is 1. The molecular formula is C35H25N3O5S. The molecule has 0 bridgehead atoms. The van der Waals surface area contributed by atoms with Crippen LogP contribution in [0.25, 0.3) is 22.6 Å². The van der Waals surface area contributed by atoms with E-state index >= 15 is 0 Å². The third-order valence-electron chi connectivity index (χ3n) is 6.78. The summed E-state index contributed by atoms with van der Waals surface area (Å²) in [6.07, 6.45) is 0. The molecule has 0 aliphatic carbocycles. The number of anilines is 2. The summed E-state index contributed by atoms with van der Waals surface area (Å²) in [4.78, 5) is 43.4. The first-order chi connectivity index (χ1) is 21.4. The van der Waals surface area contributed by atoms with E-state index in [4.69, 9.17) is 4.42 Å². The molecule has 1 aromatic heterocycles. The number of rotatable bonds is 9. The smallest absolute Gasteiger partial charge is 0.336 e. The van der Waals surface area contributed by atoms with Crippen molar-refractivity contribution in [2.24, 2.45) is 0 Å². The van der Waals surface area contributed by atoms with Crippen LogP contribution in [-0.4, -0.2) is 27.9 Å². The minimum atomic E-state index is -1.18. The minimum Gasteiger partial charge on any atom is -0.478 e. The number of amides is 2. The van der Waals surface area contributed by atoms with Crippen LogP contribution in [0.2, 0.25) is 0 Å². The maximum atomic E-state index is 13.7. The van der Waals surface area contributed by atoms with Gasteiger partial charge in [0.2, 0.25) is 11.8 Å². The fourth-order valence-corrected chi connectivity index (χ4v) is 5.73. The monoisotopic (exact) mass is 599 g/mol. The molecule has 2 amide bonds. The average molecular weight is 600 g/mol. The van der Waals surface area contributed by atoms with Crippen LogP contribution < -0.4 is 10.6 Å². The highest BCUT2D eigenvalue weighted by molar-refractivity contribution is 8.00. The van der Waals surface area contributed by atoms with E-state index in [0.717, 1.165) is 21.5 Å². The van der Waals surface area contributed by atoms with E-state index < -0.39 is 17.1 Å². The van der Waals surface area contributed by atoms with Gasteiger partial charge in [0.25, 0.3) is 5.91 Å². The third-order valence-corrected chi connectivity index (χ3v) is 8.03. The topological polar surface area (TPSA) is 122 Å². The fraction of sp³-hybridized carbons (Fsp3) is 0.0286. The number of para-hydroxylation sites is 2. The molecule has 1 heterocycles. The number of aromatic carboxylic acids is 1. The Labute approximate surface area is 256 Å². The van der Waals surface area contributed by atoms with E-state index in [1.807, 2.05) is 72.8 Å². The van der Waals surface area contributed by atoms with E-state index in [2.05, 4.69) is 15.6 Å². The van der Waals surface area contributed by atoms with E-state index in [9.17, 15) is 19.5 Å².